The van der Waals surface area contributed by atoms with Gasteiger partial charge in [-0.05, 0) is 19.1 Å². The number of nitrogens with zero attached hydrogens (tertiary/aromatic N) is 3. The number of rotatable bonds is 2. The lowest BCUT2D eigenvalue weighted by atomic mass is 10.1. The number of hydrogen-bond acceptors (Lipinski definition) is 4. The van der Waals surface area contributed by atoms with Crippen molar-refractivity contribution in [3.05, 3.63) is 23.4 Å². The Morgan fingerprint density at radius 1 is 1.53 bits per heavy atom. The number of nitriles is 1. The normalized spacial score (nSPS) is 15.5. The molecular weight excluding hydrogens is 188 g/mol. The Bertz CT molecular complexity index is 404. The first-order chi connectivity index (χ1) is 7.22. The molecule has 1 saturated heterocycles. The van der Waals surface area contributed by atoms with Gasteiger partial charge in [-0.25, -0.2) is 4.98 Å². The molecular formula is C11H14N4. The van der Waals surface area contributed by atoms with E-state index in [2.05, 4.69) is 21.3 Å². The Balaban J connectivity index is 2.32. The largest absolute Gasteiger partial charge is 0.353 e. The van der Waals surface area contributed by atoms with Crippen LogP contribution in [0.3, 0.4) is 0 Å². The van der Waals surface area contributed by atoms with Crippen LogP contribution in [0.1, 0.15) is 11.3 Å². The highest BCUT2D eigenvalue weighted by Gasteiger charge is 2.24. The van der Waals surface area contributed by atoms with E-state index in [0.717, 1.165) is 24.6 Å². The number of aromatic nitrogens is 1. The lowest BCUT2D eigenvalue weighted by Gasteiger charge is -2.36. The Labute approximate surface area is 89.5 Å². The average Bonchev–Trinajstić information content (AvgIpc) is 2.15. The van der Waals surface area contributed by atoms with Gasteiger partial charge in [0.2, 0.25) is 0 Å². The summed E-state index contributed by atoms with van der Waals surface area (Å²) in [6.45, 7) is 3.88. The summed E-state index contributed by atoms with van der Waals surface area (Å²) in [4.78, 5) is 6.51. The molecule has 4 heteroatoms. The molecule has 0 saturated carbocycles. The fraction of sp³-hybridized carbons (Fsp3) is 0.455. The summed E-state index contributed by atoms with van der Waals surface area (Å²) in [6.07, 6.45) is 0. The Morgan fingerprint density at radius 2 is 2.27 bits per heavy atom. The topological polar surface area (TPSA) is 52.0 Å². The van der Waals surface area contributed by atoms with Crippen LogP contribution in [0.5, 0.6) is 0 Å². The highest BCUT2D eigenvalue weighted by atomic mass is 15.3. The van der Waals surface area contributed by atoms with Crippen LogP contribution in [0.2, 0.25) is 0 Å². The van der Waals surface area contributed by atoms with Crippen molar-refractivity contribution in [3.63, 3.8) is 0 Å². The SMILES string of the molecule is Cc1ccc(C#N)c(N(C)C2CNC2)n1. The summed E-state index contributed by atoms with van der Waals surface area (Å²) in [5, 5.41) is 12.2. The molecule has 1 fully saturated rings. The maximum Gasteiger partial charge on any atom is 0.146 e. The van der Waals surface area contributed by atoms with Crippen LogP contribution in [-0.4, -0.2) is 31.2 Å². The lowest BCUT2D eigenvalue weighted by molar-refractivity contribution is 0.426. The first-order valence-electron chi connectivity index (χ1n) is 5.03. The number of likely N-dealkylation sites (N-methyl/N-ethyl adjacent to an activating group) is 1. The fourth-order valence-electron chi connectivity index (χ4n) is 1.62. The Morgan fingerprint density at radius 3 is 2.80 bits per heavy atom. The molecule has 1 aliphatic rings. The lowest BCUT2D eigenvalue weighted by Crippen LogP contribution is -2.56. The molecule has 0 bridgehead atoms. The number of aryl methyl sites for hydroxylation is 1. The first kappa shape index (κ1) is 9.94. The first-order valence-corrected chi connectivity index (χ1v) is 5.03. The Kier molecular flexibility index (Phi) is 2.57. The van der Waals surface area contributed by atoms with Crippen molar-refractivity contribution in [2.75, 3.05) is 25.0 Å². The molecule has 15 heavy (non-hydrogen) atoms. The molecule has 4 nitrogen and oxygen atoms in total. The standard InChI is InChI=1S/C11H14N4/c1-8-3-4-9(5-12)11(14-8)15(2)10-6-13-7-10/h3-4,10,13H,6-7H2,1-2H3. The van der Waals surface area contributed by atoms with Crippen LogP contribution < -0.4 is 10.2 Å². The molecule has 78 valence electrons. The summed E-state index contributed by atoms with van der Waals surface area (Å²) in [5.41, 5.74) is 1.60. The quantitative estimate of drug-likeness (QED) is 0.765. The highest BCUT2D eigenvalue weighted by molar-refractivity contribution is 5.54. The average molecular weight is 202 g/mol. The zero-order chi connectivity index (χ0) is 10.8. The summed E-state index contributed by atoms with van der Waals surface area (Å²) < 4.78 is 0. The molecule has 0 aromatic carbocycles. The van der Waals surface area contributed by atoms with Gasteiger partial charge in [0.1, 0.15) is 11.9 Å². The van der Waals surface area contributed by atoms with Crippen molar-refractivity contribution in [3.8, 4) is 6.07 Å². The fourth-order valence-corrected chi connectivity index (χ4v) is 1.62. The van der Waals surface area contributed by atoms with E-state index in [9.17, 15) is 0 Å². The molecule has 0 amide bonds. The number of anilines is 1. The highest BCUT2D eigenvalue weighted by Crippen LogP contribution is 2.19. The number of nitrogens with one attached hydrogen (secondary N) is 1. The van der Waals surface area contributed by atoms with Gasteiger partial charge in [-0.2, -0.15) is 5.26 Å². The molecule has 1 N–H and O–H groups in total. The van der Waals surface area contributed by atoms with Crippen molar-refractivity contribution in [1.82, 2.24) is 10.3 Å². The van der Waals surface area contributed by atoms with Crippen molar-refractivity contribution in [1.29, 1.82) is 5.26 Å². The molecule has 0 unspecified atom stereocenters. The van der Waals surface area contributed by atoms with Crippen LogP contribution in [-0.2, 0) is 0 Å². The second-order valence-corrected chi connectivity index (χ2v) is 3.86. The van der Waals surface area contributed by atoms with Gasteiger partial charge in [0.25, 0.3) is 0 Å². The number of pyridine rings is 1. The van der Waals surface area contributed by atoms with Gasteiger partial charge in [0.15, 0.2) is 0 Å². The van der Waals surface area contributed by atoms with E-state index in [1.807, 2.05) is 26.1 Å². The molecule has 1 aromatic heterocycles. The molecule has 1 aliphatic heterocycles. The van der Waals surface area contributed by atoms with Gasteiger partial charge >= 0.3 is 0 Å². The summed E-state index contributed by atoms with van der Waals surface area (Å²) in [5.74, 6) is 0.795. The van der Waals surface area contributed by atoms with Crippen molar-refractivity contribution in [2.24, 2.45) is 0 Å². The summed E-state index contributed by atoms with van der Waals surface area (Å²) in [6, 6.07) is 6.35. The van der Waals surface area contributed by atoms with Crippen LogP contribution in [0.4, 0.5) is 5.82 Å². The van der Waals surface area contributed by atoms with E-state index in [1.54, 1.807) is 0 Å². The van der Waals surface area contributed by atoms with Gasteiger partial charge in [-0.1, -0.05) is 0 Å². The monoisotopic (exact) mass is 202 g/mol. The van der Waals surface area contributed by atoms with Crippen molar-refractivity contribution < 1.29 is 0 Å². The zero-order valence-electron chi connectivity index (χ0n) is 8.99. The van der Waals surface area contributed by atoms with Gasteiger partial charge in [-0.3, -0.25) is 0 Å². The third kappa shape index (κ3) is 1.79. The van der Waals surface area contributed by atoms with Gasteiger partial charge in [-0.15, -0.1) is 0 Å². The van der Waals surface area contributed by atoms with E-state index in [0.29, 0.717) is 11.6 Å². The third-order valence-electron chi connectivity index (χ3n) is 2.78. The molecule has 2 rings (SSSR count). The predicted octanol–water partition coefficient (Wildman–Crippen LogP) is 0.670. The van der Waals surface area contributed by atoms with Crippen molar-refractivity contribution in [2.45, 2.75) is 13.0 Å². The van der Waals surface area contributed by atoms with E-state index < -0.39 is 0 Å². The minimum Gasteiger partial charge on any atom is -0.353 e. The summed E-state index contributed by atoms with van der Waals surface area (Å²) >= 11 is 0. The maximum absolute atomic E-state index is 9.00. The zero-order valence-corrected chi connectivity index (χ0v) is 8.99. The van der Waals surface area contributed by atoms with Gasteiger partial charge < -0.3 is 10.2 Å². The molecule has 1 aromatic rings. The molecule has 0 spiro atoms. The van der Waals surface area contributed by atoms with E-state index in [1.165, 1.54) is 0 Å². The smallest absolute Gasteiger partial charge is 0.146 e. The van der Waals surface area contributed by atoms with Crippen LogP contribution in [0, 0.1) is 18.3 Å². The summed E-state index contributed by atoms with van der Waals surface area (Å²) in [7, 11) is 1.99. The van der Waals surface area contributed by atoms with Crippen molar-refractivity contribution >= 4 is 5.82 Å². The van der Waals surface area contributed by atoms with E-state index in [4.69, 9.17) is 5.26 Å². The third-order valence-corrected chi connectivity index (χ3v) is 2.78. The van der Waals surface area contributed by atoms with E-state index in [-0.39, 0.29) is 0 Å². The maximum atomic E-state index is 9.00. The molecule has 2 heterocycles. The van der Waals surface area contributed by atoms with Crippen LogP contribution >= 0.6 is 0 Å². The minimum absolute atomic E-state index is 0.464. The molecule has 0 atom stereocenters. The Hall–Kier alpha value is -1.60. The van der Waals surface area contributed by atoms with Gasteiger partial charge in [0.05, 0.1) is 11.6 Å². The predicted molar refractivity (Wildman–Crippen MR) is 58.7 cm³/mol. The van der Waals surface area contributed by atoms with Crippen LogP contribution in [0.15, 0.2) is 12.1 Å². The van der Waals surface area contributed by atoms with E-state index >= 15 is 0 Å². The van der Waals surface area contributed by atoms with Gasteiger partial charge in [0, 0.05) is 25.8 Å². The van der Waals surface area contributed by atoms with Crippen LogP contribution in [0.25, 0.3) is 0 Å². The second kappa shape index (κ2) is 3.87. The molecule has 0 aliphatic carbocycles. The molecule has 0 radical (unpaired) electrons. The second-order valence-electron chi connectivity index (χ2n) is 3.86. The minimum atomic E-state index is 0.464. The number of hydrogen-bond donors (Lipinski definition) is 1.